The number of fused-ring (bicyclic) bond motifs is 5. The highest BCUT2D eigenvalue weighted by Crippen LogP contribution is 2.66. The van der Waals surface area contributed by atoms with Crippen LogP contribution in [-0.4, -0.2) is 15.2 Å². The van der Waals surface area contributed by atoms with Gasteiger partial charge in [-0.3, -0.25) is 5.10 Å². The van der Waals surface area contributed by atoms with Gasteiger partial charge in [-0.2, -0.15) is 5.10 Å². The number of H-pyrrole nitrogens is 1. The van der Waals surface area contributed by atoms with Crippen molar-refractivity contribution in [2.45, 2.75) is 44.9 Å². The van der Waals surface area contributed by atoms with Gasteiger partial charge in [0.15, 0.2) is 0 Å². The van der Waals surface area contributed by atoms with Gasteiger partial charge in [0, 0.05) is 11.3 Å². The molecule has 0 amide bonds. The van der Waals surface area contributed by atoms with Gasteiger partial charge in [-0.25, -0.2) is 4.98 Å². The smallest absolute Gasteiger partial charge is 0.213 e. The van der Waals surface area contributed by atoms with Crippen LogP contribution >= 0.6 is 12.2 Å². The first kappa shape index (κ1) is 9.46. The minimum Gasteiger partial charge on any atom is -0.252 e. The van der Waals surface area contributed by atoms with E-state index in [1.165, 1.54) is 12.8 Å². The minimum absolute atomic E-state index is 0.169. The predicted molar refractivity (Wildman–Crippen MR) is 60.3 cm³/mol. The normalized spacial score (nSPS) is 35.5. The van der Waals surface area contributed by atoms with Crippen LogP contribution in [-0.2, 0) is 5.41 Å². The van der Waals surface area contributed by atoms with Crippen molar-refractivity contribution >= 4 is 12.2 Å². The molecule has 2 bridgehead atoms. The molecule has 0 unspecified atom stereocenters. The Bertz CT molecular complexity index is 491. The Kier molecular flexibility index (Phi) is 1.57. The molecule has 1 aromatic heterocycles. The largest absolute Gasteiger partial charge is 0.252 e. The molecule has 4 heteroatoms. The Morgan fingerprint density at radius 3 is 2.87 bits per heavy atom. The number of aromatic nitrogens is 3. The monoisotopic (exact) mass is 221 g/mol. The molecule has 15 heavy (non-hydrogen) atoms. The van der Waals surface area contributed by atoms with Crippen LogP contribution in [0.4, 0.5) is 0 Å². The summed E-state index contributed by atoms with van der Waals surface area (Å²) in [5.41, 5.74) is 2.74. The molecule has 3 nitrogen and oxygen atoms in total. The van der Waals surface area contributed by atoms with Crippen molar-refractivity contribution in [2.24, 2.45) is 5.41 Å². The number of aromatic amines is 1. The third-order valence-electron chi connectivity index (χ3n) is 4.81. The standard InChI is InChI=1S/C11H15N3S/c1-10(2)6-4-5-11(10,3)8-7(6)13-14-9(15)12-8/h6H,4-5H2,1-3H3,(H,12,14,15)/t6-,11+/m1/s1. The van der Waals surface area contributed by atoms with E-state index in [0.29, 0.717) is 10.7 Å². The summed E-state index contributed by atoms with van der Waals surface area (Å²) in [5, 5.41) is 7.22. The van der Waals surface area contributed by atoms with Crippen LogP contribution in [0, 0.1) is 10.2 Å². The molecule has 1 fully saturated rings. The van der Waals surface area contributed by atoms with Gasteiger partial charge in [-0.15, -0.1) is 0 Å². The van der Waals surface area contributed by atoms with Gasteiger partial charge in [0.05, 0.1) is 11.4 Å². The molecule has 3 rings (SSSR count). The molecule has 0 aromatic carbocycles. The van der Waals surface area contributed by atoms with E-state index in [-0.39, 0.29) is 10.8 Å². The van der Waals surface area contributed by atoms with E-state index in [0.717, 1.165) is 11.4 Å². The van der Waals surface area contributed by atoms with Crippen molar-refractivity contribution in [3.8, 4) is 0 Å². The van der Waals surface area contributed by atoms with Gasteiger partial charge >= 0.3 is 0 Å². The molecule has 1 heterocycles. The van der Waals surface area contributed by atoms with Crippen LogP contribution in [0.15, 0.2) is 0 Å². The lowest BCUT2D eigenvalue weighted by Crippen LogP contribution is -2.32. The van der Waals surface area contributed by atoms with Crippen molar-refractivity contribution in [3.63, 3.8) is 0 Å². The number of hydrogen-bond donors (Lipinski definition) is 1. The van der Waals surface area contributed by atoms with Crippen molar-refractivity contribution in [3.05, 3.63) is 16.2 Å². The van der Waals surface area contributed by atoms with Crippen LogP contribution in [0.2, 0.25) is 0 Å². The van der Waals surface area contributed by atoms with E-state index in [2.05, 4.69) is 36.0 Å². The Morgan fingerprint density at radius 1 is 1.40 bits per heavy atom. The lowest BCUT2D eigenvalue weighted by molar-refractivity contribution is 0.227. The average Bonchev–Trinajstić information content (AvgIpc) is 2.48. The van der Waals surface area contributed by atoms with Gasteiger partial charge in [0.25, 0.3) is 0 Å². The zero-order chi connectivity index (χ0) is 10.8. The van der Waals surface area contributed by atoms with Gasteiger partial charge in [-0.05, 0) is 30.5 Å². The summed E-state index contributed by atoms with van der Waals surface area (Å²) < 4.78 is 0.512. The second-order valence-corrected chi connectivity index (χ2v) is 5.91. The summed E-state index contributed by atoms with van der Waals surface area (Å²) in [5.74, 6) is 0.553. The summed E-state index contributed by atoms with van der Waals surface area (Å²) in [4.78, 5) is 4.50. The first-order valence-corrected chi connectivity index (χ1v) is 5.85. The van der Waals surface area contributed by atoms with E-state index in [4.69, 9.17) is 12.2 Å². The van der Waals surface area contributed by atoms with Gasteiger partial charge < -0.3 is 0 Å². The first-order chi connectivity index (χ1) is 6.97. The Labute approximate surface area is 94.3 Å². The van der Waals surface area contributed by atoms with E-state index in [1.54, 1.807) is 0 Å². The minimum atomic E-state index is 0.169. The lowest BCUT2D eigenvalue weighted by Gasteiger charge is -2.33. The van der Waals surface area contributed by atoms with Crippen LogP contribution in [0.1, 0.15) is 50.9 Å². The van der Waals surface area contributed by atoms with Crippen molar-refractivity contribution in [1.82, 2.24) is 15.2 Å². The fourth-order valence-electron chi connectivity index (χ4n) is 3.40. The molecular weight excluding hydrogens is 206 g/mol. The maximum Gasteiger partial charge on any atom is 0.213 e. The van der Waals surface area contributed by atoms with Crippen molar-refractivity contribution < 1.29 is 0 Å². The second-order valence-electron chi connectivity index (χ2n) is 5.52. The number of hydrogen-bond acceptors (Lipinski definition) is 3. The van der Waals surface area contributed by atoms with E-state index < -0.39 is 0 Å². The number of nitrogens with one attached hydrogen (secondary N) is 1. The zero-order valence-electron chi connectivity index (χ0n) is 9.29. The molecule has 0 aliphatic heterocycles. The van der Waals surface area contributed by atoms with E-state index >= 15 is 0 Å². The Balaban J connectivity index is 2.34. The van der Waals surface area contributed by atoms with Crippen molar-refractivity contribution in [2.75, 3.05) is 0 Å². The molecule has 1 aromatic rings. The summed E-state index contributed by atoms with van der Waals surface area (Å²) >= 11 is 5.06. The number of rotatable bonds is 0. The van der Waals surface area contributed by atoms with Crippen LogP contribution in [0.3, 0.4) is 0 Å². The third-order valence-corrected chi connectivity index (χ3v) is 4.99. The van der Waals surface area contributed by atoms with Crippen LogP contribution < -0.4 is 0 Å². The highest BCUT2D eigenvalue weighted by molar-refractivity contribution is 7.71. The lowest BCUT2D eigenvalue weighted by atomic mass is 9.70. The van der Waals surface area contributed by atoms with E-state index in [1.807, 2.05) is 0 Å². The van der Waals surface area contributed by atoms with Gasteiger partial charge in [0.1, 0.15) is 0 Å². The molecule has 1 saturated carbocycles. The zero-order valence-corrected chi connectivity index (χ0v) is 10.1. The molecule has 0 spiro atoms. The summed E-state index contributed by atoms with van der Waals surface area (Å²) in [6.07, 6.45) is 2.45. The highest BCUT2D eigenvalue weighted by atomic mass is 32.1. The molecule has 2 aliphatic rings. The second kappa shape index (κ2) is 2.48. The Morgan fingerprint density at radius 2 is 2.13 bits per heavy atom. The fraction of sp³-hybridized carbons (Fsp3) is 0.727. The molecule has 0 saturated heterocycles. The van der Waals surface area contributed by atoms with E-state index in [9.17, 15) is 0 Å². The number of nitrogens with zero attached hydrogens (tertiary/aromatic N) is 2. The predicted octanol–water partition coefficient (Wildman–Crippen LogP) is 2.71. The summed E-state index contributed by atoms with van der Waals surface area (Å²) in [7, 11) is 0. The first-order valence-electron chi connectivity index (χ1n) is 5.44. The van der Waals surface area contributed by atoms with Crippen LogP contribution in [0.5, 0.6) is 0 Å². The van der Waals surface area contributed by atoms with Crippen LogP contribution in [0.25, 0.3) is 0 Å². The molecule has 2 atom stereocenters. The third kappa shape index (κ3) is 0.893. The topological polar surface area (TPSA) is 41.6 Å². The van der Waals surface area contributed by atoms with Gasteiger partial charge in [-0.1, -0.05) is 20.8 Å². The maximum atomic E-state index is 5.06. The summed E-state index contributed by atoms with van der Waals surface area (Å²) in [6.45, 7) is 6.97. The molecule has 80 valence electrons. The molecule has 2 aliphatic carbocycles. The molecule has 1 N–H and O–H groups in total. The maximum absolute atomic E-state index is 5.06. The molecular formula is C11H15N3S. The van der Waals surface area contributed by atoms with Gasteiger partial charge in [0.2, 0.25) is 4.77 Å². The summed E-state index contributed by atoms with van der Waals surface area (Å²) in [6, 6.07) is 0. The average molecular weight is 221 g/mol. The highest BCUT2D eigenvalue weighted by Gasteiger charge is 2.61. The SMILES string of the molecule is CC1(C)[C@@H]2CC[C@@]1(C)c1nc(=S)[nH]nc12. The van der Waals surface area contributed by atoms with Crippen molar-refractivity contribution in [1.29, 1.82) is 0 Å². The fourth-order valence-corrected chi connectivity index (χ4v) is 3.53. The quantitative estimate of drug-likeness (QED) is 0.685. The molecule has 0 radical (unpaired) electrons. The Hall–Kier alpha value is -0.770.